The van der Waals surface area contributed by atoms with Crippen LogP contribution < -0.4 is 5.73 Å². The molecule has 1 aromatic heterocycles. The molecule has 1 saturated heterocycles. The molecule has 0 radical (unpaired) electrons. The van der Waals surface area contributed by atoms with Crippen molar-refractivity contribution in [2.45, 2.75) is 51.7 Å². The molecular weight excluding hydrogens is 202 g/mol. The fraction of sp³-hybridized carbons (Fsp3) is 0.750. The first-order valence-electron chi connectivity index (χ1n) is 6.22. The Labute approximate surface area is 96.8 Å². The van der Waals surface area contributed by atoms with Crippen molar-refractivity contribution in [2.24, 2.45) is 5.73 Å². The van der Waals surface area contributed by atoms with Gasteiger partial charge in [0.05, 0.1) is 12.2 Å². The average molecular weight is 223 g/mol. The van der Waals surface area contributed by atoms with Crippen LogP contribution in [-0.2, 0) is 13.1 Å². The van der Waals surface area contributed by atoms with Crippen LogP contribution in [-0.4, -0.2) is 22.6 Å². The van der Waals surface area contributed by atoms with Crippen molar-refractivity contribution in [2.75, 3.05) is 6.54 Å². The van der Waals surface area contributed by atoms with E-state index in [1.165, 1.54) is 32.2 Å². The summed E-state index contributed by atoms with van der Waals surface area (Å²) in [5.74, 6) is 0.945. The Morgan fingerprint density at radius 1 is 1.56 bits per heavy atom. The first kappa shape index (κ1) is 11.6. The average Bonchev–Trinajstić information content (AvgIpc) is 2.77. The number of hydrogen-bond acceptors (Lipinski definition) is 4. The van der Waals surface area contributed by atoms with Crippen molar-refractivity contribution in [1.29, 1.82) is 0 Å². The van der Waals surface area contributed by atoms with Crippen LogP contribution in [0, 0.1) is 0 Å². The molecule has 1 atom stereocenters. The third-order valence-corrected chi connectivity index (χ3v) is 3.40. The second-order valence-electron chi connectivity index (χ2n) is 4.52. The summed E-state index contributed by atoms with van der Waals surface area (Å²) in [6.45, 7) is 4.78. The lowest BCUT2D eigenvalue weighted by atomic mass is 10.00. The molecule has 0 saturated carbocycles. The minimum atomic E-state index is 0.459. The van der Waals surface area contributed by atoms with E-state index in [0.717, 1.165) is 18.0 Å². The van der Waals surface area contributed by atoms with Gasteiger partial charge in [0.25, 0.3) is 0 Å². The van der Waals surface area contributed by atoms with Crippen molar-refractivity contribution >= 4 is 0 Å². The first-order chi connectivity index (χ1) is 7.83. The standard InChI is InChI=1S/C12H21N3O/c1-2-11-5-3-4-6-15(11)9-12-7-10(8-13)14-16-12/h7,11H,2-6,8-9,13H2,1H3. The van der Waals surface area contributed by atoms with Crippen LogP contribution in [0.5, 0.6) is 0 Å². The summed E-state index contributed by atoms with van der Waals surface area (Å²) in [7, 11) is 0. The van der Waals surface area contributed by atoms with Gasteiger partial charge in [0, 0.05) is 18.7 Å². The smallest absolute Gasteiger partial charge is 0.151 e. The molecule has 0 aromatic carbocycles. The summed E-state index contributed by atoms with van der Waals surface area (Å²) in [4.78, 5) is 2.50. The molecule has 4 nitrogen and oxygen atoms in total. The quantitative estimate of drug-likeness (QED) is 0.847. The third kappa shape index (κ3) is 2.62. The number of piperidine rings is 1. The van der Waals surface area contributed by atoms with Gasteiger partial charge in [-0.05, 0) is 25.8 Å². The number of nitrogens with two attached hydrogens (primary N) is 1. The molecule has 1 unspecified atom stereocenters. The molecule has 0 bridgehead atoms. The molecule has 0 spiro atoms. The molecule has 4 heteroatoms. The molecule has 2 rings (SSSR count). The van der Waals surface area contributed by atoms with Crippen LogP contribution >= 0.6 is 0 Å². The van der Waals surface area contributed by atoms with Crippen LogP contribution in [0.4, 0.5) is 0 Å². The van der Waals surface area contributed by atoms with E-state index in [1.807, 2.05) is 6.07 Å². The topological polar surface area (TPSA) is 55.3 Å². The van der Waals surface area contributed by atoms with Crippen molar-refractivity contribution in [1.82, 2.24) is 10.1 Å². The van der Waals surface area contributed by atoms with Crippen molar-refractivity contribution in [3.05, 3.63) is 17.5 Å². The maximum absolute atomic E-state index is 5.51. The van der Waals surface area contributed by atoms with Crippen LogP contribution in [0.3, 0.4) is 0 Å². The van der Waals surface area contributed by atoms with Crippen LogP contribution in [0.25, 0.3) is 0 Å². The van der Waals surface area contributed by atoms with Crippen LogP contribution in [0.15, 0.2) is 10.6 Å². The lowest BCUT2D eigenvalue weighted by Crippen LogP contribution is -2.38. The Kier molecular flexibility index (Phi) is 3.96. The summed E-state index contributed by atoms with van der Waals surface area (Å²) in [5.41, 5.74) is 6.36. The van der Waals surface area contributed by atoms with E-state index in [-0.39, 0.29) is 0 Å². The van der Waals surface area contributed by atoms with Gasteiger partial charge in [0.2, 0.25) is 0 Å². The van der Waals surface area contributed by atoms with Gasteiger partial charge in [-0.3, -0.25) is 4.90 Å². The number of hydrogen-bond donors (Lipinski definition) is 1. The van der Waals surface area contributed by atoms with Gasteiger partial charge in [-0.15, -0.1) is 0 Å². The fourth-order valence-electron chi connectivity index (χ4n) is 2.46. The highest BCUT2D eigenvalue weighted by atomic mass is 16.5. The summed E-state index contributed by atoms with van der Waals surface area (Å²) in [6.07, 6.45) is 5.19. The molecule has 1 aliphatic rings. The van der Waals surface area contributed by atoms with E-state index >= 15 is 0 Å². The fourth-order valence-corrected chi connectivity index (χ4v) is 2.46. The molecular formula is C12H21N3O. The highest BCUT2D eigenvalue weighted by Gasteiger charge is 2.21. The summed E-state index contributed by atoms with van der Waals surface area (Å²) < 4.78 is 5.28. The summed E-state index contributed by atoms with van der Waals surface area (Å²) >= 11 is 0. The monoisotopic (exact) mass is 223 g/mol. The predicted molar refractivity (Wildman–Crippen MR) is 62.7 cm³/mol. The predicted octanol–water partition coefficient (Wildman–Crippen LogP) is 1.90. The Morgan fingerprint density at radius 2 is 2.44 bits per heavy atom. The molecule has 0 aliphatic carbocycles. The van der Waals surface area contributed by atoms with E-state index < -0.39 is 0 Å². The second kappa shape index (κ2) is 5.46. The highest BCUT2D eigenvalue weighted by molar-refractivity contribution is 5.05. The molecule has 2 N–H and O–H groups in total. The Bertz CT molecular complexity index is 324. The first-order valence-corrected chi connectivity index (χ1v) is 6.22. The molecule has 90 valence electrons. The molecule has 1 fully saturated rings. The Hall–Kier alpha value is -0.870. The van der Waals surface area contributed by atoms with E-state index in [1.54, 1.807) is 0 Å². The normalized spacial score (nSPS) is 22.5. The third-order valence-electron chi connectivity index (χ3n) is 3.40. The molecule has 2 heterocycles. The minimum absolute atomic E-state index is 0.459. The van der Waals surface area contributed by atoms with Crippen molar-refractivity contribution in [3.8, 4) is 0 Å². The van der Waals surface area contributed by atoms with E-state index in [2.05, 4.69) is 17.0 Å². The Balaban J connectivity index is 1.96. The largest absolute Gasteiger partial charge is 0.360 e. The highest BCUT2D eigenvalue weighted by Crippen LogP contribution is 2.21. The molecule has 16 heavy (non-hydrogen) atoms. The lowest BCUT2D eigenvalue weighted by molar-refractivity contribution is 0.123. The van der Waals surface area contributed by atoms with Gasteiger partial charge in [-0.25, -0.2) is 0 Å². The van der Waals surface area contributed by atoms with Crippen LogP contribution in [0.1, 0.15) is 44.1 Å². The van der Waals surface area contributed by atoms with Gasteiger partial charge in [-0.2, -0.15) is 0 Å². The molecule has 1 aromatic rings. The maximum Gasteiger partial charge on any atom is 0.151 e. The van der Waals surface area contributed by atoms with Crippen molar-refractivity contribution in [3.63, 3.8) is 0 Å². The maximum atomic E-state index is 5.51. The van der Waals surface area contributed by atoms with Gasteiger partial charge in [-0.1, -0.05) is 18.5 Å². The number of aromatic nitrogens is 1. The van der Waals surface area contributed by atoms with E-state index in [4.69, 9.17) is 10.3 Å². The van der Waals surface area contributed by atoms with Crippen LogP contribution in [0.2, 0.25) is 0 Å². The zero-order chi connectivity index (χ0) is 11.4. The SMILES string of the molecule is CCC1CCCCN1Cc1cc(CN)no1. The number of rotatable bonds is 4. The molecule has 0 amide bonds. The summed E-state index contributed by atoms with van der Waals surface area (Å²) in [5, 5.41) is 3.92. The van der Waals surface area contributed by atoms with E-state index in [0.29, 0.717) is 12.6 Å². The second-order valence-corrected chi connectivity index (χ2v) is 4.52. The summed E-state index contributed by atoms with van der Waals surface area (Å²) in [6, 6.07) is 2.68. The van der Waals surface area contributed by atoms with Crippen molar-refractivity contribution < 1.29 is 4.52 Å². The number of likely N-dealkylation sites (tertiary alicyclic amines) is 1. The Morgan fingerprint density at radius 3 is 3.12 bits per heavy atom. The molecule has 1 aliphatic heterocycles. The zero-order valence-electron chi connectivity index (χ0n) is 9.98. The lowest BCUT2D eigenvalue weighted by Gasteiger charge is -2.34. The van der Waals surface area contributed by atoms with Gasteiger partial charge in [0.1, 0.15) is 0 Å². The van der Waals surface area contributed by atoms with Gasteiger partial charge >= 0.3 is 0 Å². The minimum Gasteiger partial charge on any atom is -0.360 e. The zero-order valence-corrected chi connectivity index (χ0v) is 9.98. The van der Waals surface area contributed by atoms with Gasteiger partial charge in [0.15, 0.2) is 5.76 Å². The van der Waals surface area contributed by atoms with E-state index in [9.17, 15) is 0 Å². The van der Waals surface area contributed by atoms with Gasteiger partial charge < -0.3 is 10.3 Å². The number of nitrogens with zero attached hydrogens (tertiary/aromatic N) is 2.